The molecule has 0 aliphatic heterocycles. The van der Waals surface area contributed by atoms with Gasteiger partial charge in [0.2, 0.25) is 5.91 Å². The Labute approximate surface area is 237 Å². The molecular weight excluding hydrogens is 573 g/mol. The first-order valence-corrected chi connectivity index (χ1v) is 14.9. The van der Waals surface area contributed by atoms with E-state index in [-0.39, 0.29) is 32.6 Å². The summed E-state index contributed by atoms with van der Waals surface area (Å²) in [6.07, 6.45) is 0. The van der Waals surface area contributed by atoms with E-state index in [0.717, 1.165) is 6.07 Å². The van der Waals surface area contributed by atoms with Crippen LogP contribution in [0.3, 0.4) is 0 Å². The normalized spacial score (nSPS) is 11.4. The molecule has 4 aromatic carbocycles. The Hall–Kier alpha value is -4.62. The van der Waals surface area contributed by atoms with Gasteiger partial charge in [-0.2, -0.15) is 0 Å². The second kappa shape index (κ2) is 12.3. The molecule has 0 atom stereocenters. The predicted molar refractivity (Wildman–Crippen MR) is 153 cm³/mol. The molecule has 1 amide bonds. The molecule has 0 saturated carbocycles. The maximum absolute atomic E-state index is 14.7. The number of para-hydroxylation sites is 1. The topological polar surface area (TPSA) is 131 Å². The second-order valence-electron chi connectivity index (χ2n) is 8.52. The monoisotopic (exact) mass is 599 g/mol. The van der Waals surface area contributed by atoms with E-state index in [1.165, 1.54) is 87.0 Å². The van der Waals surface area contributed by atoms with Crippen molar-refractivity contribution in [2.24, 2.45) is 0 Å². The molecule has 0 aromatic heterocycles. The van der Waals surface area contributed by atoms with Gasteiger partial charge in [-0.15, -0.1) is 0 Å². The lowest BCUT2D eigenvalue weighted by atomic mass is 10.3. The van der Waals surface area contributed by atoms with Crippen LogP contribution >= 0.6 is 0 Å². The number of rotatable bonds is 11. The van der Waals surface area contributed by atoms with Crippen LogP contribution in [0.5, 0.6) is 11.5 Å². The molecule has 0 aliphatic carbocycles. The number of hydrogen-bond donors (Lipinski definition) is 2. The van der Waals surface area contributed by atoms with Crippen LogP contribution in [0.15, 0.2) is 107 Å². The Morgan fingerprint density at radius 3 is 2.10 bits per heavy atom. The summed E-state index contributed by atoms with van der Waals surface area (Å²) >= 11 is 0. The van der Waals surface area contributed by atoms with Gasteiger partial charge in [-0.3, -0.25) is 13.8 Å². The van der Waals surface area contributed by atoms with E-state index in [4.69, 9.17) is 9.47 Å². The molecule has 13 heteroatoms. The van der Waals surface area contributed by atoms with Crippen molar-refractivity contribution in [3.8, 4) is 11.5 Å². The van der Waals surface area contributed by atoms with Crippen molar-refractivity contribution in [3.05, 3.63) is 103 Å². The Kier molecular flexibility index (Phi) is 8.79. The van der Waals surface area contributed by atoms with Crippen LogP contribution in [0.4, 0.5) is 21.5 Å². The minimum atomic E-state index is -4.30. The lowest BCUT2D eigenvalue weighted by Gasteiger charge is -2.24. The minimum absolute atomic E-state index is 0.111. The summed E-state index contributed by atoms with van der Waals surface area (Å²) in [4.78, 5) is 12.7. The first-order chi connectivity index (χ1) is 19.5. The van der Waals surface area contributed by atoms with E-state index in [1.54, 1.807) is 18.2 Å². The highest BCUT2D eigenvalue weighted by atomic mass is 32.2. The van der Waals surface area contributed by atoms with Gasteiger partial charge in [0.15, 0.2) is 0 Å². The zero-order valence-corrected chi connectivity index (χ0v) is 23.6. The van der Waals surface area contributed by atoms with Crippen molar-refractivity contribution in [2.45, 2.75) is 9.79 Å². The van der Waals surface area contributed by atoms with Gasteiger partial charge in [0.05, 0.1) is 35.4 Å². The molecule has 0 bridgehead atoms. The maximum Gasteiger partial charge on any atom is 0.264 e. The highest BCUT2D eigenvalue weighted by molar-refractivity contribution is 7.93. The largest absolute Gasteiger partial charge is 0.497 e. The molecule has 10 nitrogen and oxygen atoms in total. The molecule has 41 heavy (non-hydrogen) atoms. The van der Waals surface area contributed by atoms with Crippen LogP contribution in [-0.2, 0) is 24.8 Å². The molecule has 0 aliphatic rings. The van der Waals surface area contributed by atoms with Crippen molar-refractivity contribution in [3.63, 3.8) is 0 Å². The Bertz CT molecular complexity index is 1750. The van der Waals surface area contributed by atoms with Gasteiger partial charge >= 0.3 is 0 Å². The number of carbonyl (C=O) groups is 1. The number of carbonyl (C=O) groups excluding carboxylic acids is 1. The lowest BCUT2D eigenvalue weighted by Crippen LogP contribution is -2.38. The predicted octanol–water partition coefficient (Wildman–Crippen LogP) is 4.48. The molecule has 0 radical (unpaired) electrons. The third-order valence-corrected chi connectivity index (χ3v) is 8.99. The van der Waals surface area contributed by atoms with E-state index >= 15 is 0 Å². The number of amides is 1. The summed E-state index contributed by atoms with van der Waals surface area (Å²) in [6, 6.07) is 22.4. The first kappa shape index (κ1) is 29.4. The molecule has 214 valence electrons. The Balaban J connectivity index is 1.53. The van der Waals surface area contributed by atoms with Gasteiger partial charge in [-0.25, -0.2) is 21.2 Å². The fourth-order valence-corrected chi connectivity index (χ4v) is 6.33. The van der Waals surface area contributed by atoms with Crippen LogP contribution in [0, 0.1) is 5.82 Å². The molecule has 0 spiro atoms. The third kappa shape index (κ3) is 6.76. The van der Waals surface area contributed by atoms with Gasteiger partial charge in [-0.05, 0) is 60.7 Å². The average Bonchev–Trinajstić information content (AvgIpc) is 2.97. The van der Waals surface area contributed by atoms with Crippen molar-refractivity contribution in [1.29, 1.82) is 0 Å². The number of nitrogens with one attached hydrogen (secondary N) is 2. The zero-order chi connectivity index (χ0) is 29.6. The van der Waals surface area contributed by atoms with Crippen LogP contribution in [-0.4, -0.2) is 43.5 Å². The van der Waals surface area contributed by atoms with E-state index in [0.29, 0.717) is 10.1 Å². The van der Waals surface area contributed by atoms with E-state index in [2.05, 4.69) is 10.0 Å². The van der Waals surface area contributed by atoms with Gasteiger partial charge in [0.25, 0.3) is 20.0 Å². The molecular formula is C28H26FN3O7S2. The first-order valence-electron chi connectivity index (χ1n) is 12.0. The third-order valence-electron chi connectivity index (χ3n) is 5.84. The van der Waals surface area contributed by atoms with Gasteiger partial charge < -0.3 is 14.8 Å². The Morgan fingerprint density at radius 2 is 1.46 bits per heavy atom. The summed E-state index contributed by atoms with van der Waals surface area (Å²) in [5, 5.41) is 2.53. The van der Waals surface area contributed by atoms with Crippen LogP contribution in [0.25, 0.3) is 0 Å². The summed E-state index contributed by atoms with van der Waals surface area (Å²) in [7, 11) is -5.52. The molecule has 2 N–H and O–H groups in total. The van der Waals surface area contributed by atoms with Crippen LogP contribution in [0.1, 0.15) is 0 Å². The number of benzene rings is 4. The van der Waals surface area contributed by atoms with Crippen LogP contribution < -0.4 is 23.8 Å². The average molecular weight is 600 g/mol. The zero-order valence-electron chi connectivity index (χ0n) is 21.9. The highest BCUT2D eigenvalue weighted by Crippen LogP contribution is 2.31. The summed E-state index contributed by atoms with van der Waals surface area (Å²) in [6.45, 7) is -0.741. The van der Waals surface area contributed by atoms with Crippen LogP contribution in [0.2, 0.25) is 0 Å². The molecule has 0 unspecified atom stereocenters. The fourth-order valence-electron chi connectivity index (χ4n) is 3.82. The minimum Gasteiger partial charge on any atom is -0.497 e. The molecule has 0 heterocycles. The molecule has 0 fully saturated rings. The lowest BCUT2D eigenvalue weighted by molar-refractivity contribution is -0.114. The summed E-state index contributed by atoms with van der Waals surface area (Å²) in [5.41, 5.74) is 0.0579. The van der Waals surface area contributed by atoms with E-state index < -0.39 is 38.3 Å². The molecule has 4 rings (SSSR count). The molecule has 4 aromatic rings. The number of ether oxygens (including phenoxy) is 2. The smallest absolute Gasteiger partial charge is 0.264 e. The van der Waals surface area contributed by atoms with Crippen molar-refractivity contribution >= 4 is 43.0 Å². The van der Waals surface area contributed by atoms with Crippen molar-refractivity contribution in [1.82, 2.24) is 0 Å². The highest BCUT2D eigenvalue weighted by Gasteiger charge is 2.29. The SMILES string of the molecule is COc1ccc(OC)c(NS(=O)(=O)c2ccc(NC(=O)CN(c3ccccc3F)S(=O)(=O)c3ccccc3)cc2)c1. The van der Waals surface area contributed by atoms with Crippen molar-refractivity contribution in [2.75, 3.05) is 35.1 Å². The quantitative estimate of drug-likeness (QED) is 0.260. The Morgan fingerprint density at radius 1 is 0.805 bits per heavy atom. The maximum atomic E-state index is 14.7. The fraction of sp³-hybridized carbons (Fsp3) is 0.107. The second-order valence-corrected chi connectivity index (χ2v) is 12.1. The van der Waals surface area contributed by atoms with E-state index in [1.807, 2.05) is 0 Å². The van der Waals surface area contributed by atoms with Gasteiger partial charge in [0, 0.05) is 11.8 Å². The number of sulfonamides is 2. The number of hydrogen-bond acceptors (Lipinski definition) is 7. The molecule has 0 saturated heterocycles. The number of halogens is 1. The van der Waals surface area contributed by atoms with E-state index in [9.17, 15) is 26.0 Å². The number of anilines is 3. The van der Waals surface area contributed by atoms with Gasteiger partial charge in [-0.1, -0.05) is 30.3 Å². The summed E-state index contributed by atoms with van der Waals surface area (Å²) in [5.74, 6) is -0.902. The standard InChI is InChI=1S/C28H26FN3O7S2/c1-38-21-14-17-27(39-2)25(18-21)31-40(34,35)22-15-12-20(13-16-22)30-28(33)19-32(26-11-7-6-10-24(26)29)41(36,37)23-8-4-3-5-9-23/h3-18,31H,19H2,1-2H3,(H,30,33). The van der Waals surface area contributed by atoms with Crippen molar-refractivity contribution < 1.29 is 35.5 Å². The number of nitrogens with zero attached hydrogens (tertiary/aromatic N) is 1. The van der Waals surface area contributed by atoms with Gasteiger partial charge in [0.1, 0.15) is 23.9 Å². The summed E-state index contributed by atoms with van der Waals surface area (Å²) < 4.78 is 80.8. The number of methoxy groups -OCH3 is 2.